The molecular formula is C15H12N4S2. The van der Waals surface area contributed by atoms with Crippen LogP contribution >= 0.6 is 22.5 Å². The van der Waals surface area contributed by atoms with E-state index in [1.165, 1.54) is 10.8 Å². The number of nitrogens with zero attached hydrogens (tertiary/aromatic N) is 2. The van der Waals surface area contributed by atoms with Crippen molar-refractivity contribution in [3.8, 4) is 11.1 Å². The van der Waals surface area contributed by atoms with Gasteiger partial charge in [-0.2, -0.15) is 0 Å². The number of hydrogen-bond acceptors (Lipinski definition) is 4. The third kappa shape index (κ3) is 2.20. The molecule has 21 heavy (non-hydrogen) atoms. The molecule has 6 heteroatoms. The van der Waals surface area contributed by atoms with Gasteiger partial charge in [-0.1, -0.05) is 12.1 Å². The van der Waals surface area contributed by atoms with Gasteiger partial charge in [0.25, 0.3) is 0 Å². The highest BCUT2D eigenvalue weighted by atomic mass is 33.1. The molecule has 4 aromatic rings. The highest BCUT2D eigenvalue weighted by Gasteiger charge is 2.06. The average Bonchev–Trinajstić information content (AvgIpc) is 3.06. The van der Waals surface area contributed by atoms with E-state index in [1.807, 2.05) is 19.1 Å². The summed E-state index contributed by atoms with van der Waals surface area (Å²) >= 11 is 4.17. The Morgan fingerprint density at radius 1 is 0.905 bits per heavy atom. The van der Waals surface area contributed by atoms with Gasteiger partial charge in [-0.3, -0.25) is 0 Å². The molecule has 0 unspecified atom stereocenters. The van der Waals surface area contributed by atoms with E-state index in [4.69, 9.17) is 0 Å². The van der Waals surface area contributed by atoms with Crippen LogP contribution in [0.2, 0.25) is 0 Å². The first kappa shape index (κ1) is 12.8. The van der Waals surface area contributed by atoms with Crippen LogP contribution in [0.4, 0.5) is 0 Å². The minimum Gasteiger partial charge on any atom is -0.342 e. The molecule has 0 saturated carbocycles. The predicted molar refractivity (Wildman–Crippen MR) is 90.8 cm³/mol. The van der Waals surface area contributed by atoms with Gasteiger partial charge in [0.15, 0.2) is 5.16 Å². The number of aryl methyl sites for hydroxylation is 1. The Bertz CT molecular complexity index is 955. The van der Waals surface area contributed by atoms with Gasteiger partial charge in [-0.25, -0.2) is 9.97 Å². The van der Waals surface area contributed by atoms with Crippen LogP contribution in [0.25, 0.3) is 33.2 Å². The van der Waals surface area contributed by atoms with Crippen LogP contribution < -0.4 is 0 Å². The summed E-state index contributed by atoms with van der Waals surface area (Å²) in [5, 5.41) is 0.810. The van der Waals surface area contributed by atoms with Gasteiger partial charge in [0, 0.05) is 0 Å². The van der Waals surface area contributed by atoms with Crippen molar-refractivity contribution in [1.82, 2.24) is 19.9 Å². The lowest BCUT2D eigenvalue weighted by molar-refractivity contribution is 1.09. The molecular weight excluding hydrogens is 300 g/mol. The lowest BCUT2D eigenvalue weighted by Crippen LogP contribution is -1.79. The number of thiol groups is 1. The summed E-state index contributed by atoms with van der Waals surface area (Å²) in [5.74, 6) is 0.932. The van der Waals surface area contributed by atoms with Gasteiger partial charge in [-0.05, 0) is 53.1 Å². The second-order valence-corrected chi connectivity index (χ2v) is 6.04. The molecule has 0 aliphatic heterocycles. The molecule has 0 saturated heterocycles. The van der Waals surface area contributed by atoms with Crippen molar-refractivity contribution in [2.24, 2.45) is 0 Å². The molecule has 0 bridgehead atoms. The fourth-order valence-corrected chi connectivity index (χ4v) is 3.08. The first-order chi connectivity index (χ1) is 10.2. The second kappa shape index (κ2) is 4.82. The maximum atomic E-state index is 4.43. The molecule has 0 amide bonds. The summed E-state index contributed by atoms with van der Waals surface area (Å²) in [7, 11) is 1.32. The zero-order valence-electron chi connectivity index (χ0n) is 11.2. The summed E-state index contributed by atoms with van der Waals surface area (Å²) in [4.78, 5) is 15.4. The zero-order chi connectivity index (χ0) is 14.4. The summed E-state index contributed by atoms with van der Waals surface area (Å²) < 4.78 is 0. The fourth-order valence-electron chi connectivity index (χ4n) is 2.53. The molecule has 2 heterocycles. The van der Waals surface area contributed by atoms with Gasteiger partial charge in [0.1, 0.15) is 5.82 Å². The summed E-state index contributed by atoms with van der Waals surface area (Å²) in [5.41, 5.74) is 6.33. The highest BCUT2D eigenvalue weighted by molar-refractivity contribution is 8.68. The molecule has 2 aromatic heterocycles. The maximum absolute atomic E-state index is 4.43. The summed E-state index contributed by atoms with van der Waals surface area (Å²) in [6.07, 6.45) is 0. The molecule has 0 aliphatic carbocycles. The van der Waals surface area contributed by atoms with Crippen molar-refractivity contribution in [3.63, 3.8) is 0 Å². The molecule has 4 rings (SSSR count). The van der Waals surface area contributed by atoms with Crippen LogP contribution in [0.3, 0.4) is 0 Å². The maximum Gasteiger partial charge on any atom is 0.176 e. The number of imidazole rings is 2. The molecule has 2 N–H and O–H groups in total. The molecule has 0 spiro atoms. The molecule has 0 fully saturated rings. The highest BCUT2D eigenvalue weighted by Crippen LogP contribution is 2.28. The number of hydrogen-bond donors (Lipinski definition) is 3. The van der Waals surface area contributed by atoms with Crippen LogP contribution in [0.5, 0.6) is 0 Å². The third-order valence-electron chi connectivity index (χ3n) is 3.48. The van der Waals surface area contributed by atoms with Crippen LogP contribution in [0.15, 0.2) is 41.6 Å². The Morgan fingerprint density at radius 3 is 2.19 bits per heavy atom. The van der Waals surface area contributed by atoms with E-state index in [0.29, 0.717) is 0 Å². The van der Waals surface area contributed by atoms with Crippen molar-refractivity contribution in [2.45, 2.75) is 12.1 Å². The van der Waals surface area contributed by atoms with Crippen molar-refractivity contribution in [2.75, 3.05) is 0 Å². The standard InChI is InChI=1S/C15H12N4S2/c1-8-16-11-4-2-9(6-13(11)17-8)10-3-5-12-14(7-10)19-15(18-12)21-20/h2-7,20H,1H3,(H,16,17)(H,18,19). The normalized spacial score (nSPS) is 11.5. The topological polar surface area (TPSA) is 57.4 Å². The lowest BCUT2D eigenvalue weighted by atomic mass is 10.0. The number of H-pyrrole nitrogens is 2. The van der Waals surface area contributed by atoms with E-state index in [9.17, 15) is 0 Å². The smallest absolute Gasteiger partial charge is 0.176 e. The lowest BCUT2D eigenvalue weighted by Gasteiger charge is -2.01. The monoisotopic (exact) mass is 312 g/mol. The van der Waals surface area contributed by atoms with E-state index >= 15 is 0 Å². The largest absolute Gasteiger partial charge is 0.342 e. The van der Waals surface area contributed by atoms with Gasteiger partial charge >= 0.3 is 0 Å². The Labute approximate surface area is 130 Å². The number of fused-ring (bicyclic) bond motifs is 2. The number of rotatable bonds is 2. The molecule has 0 radical (unpaired) electrons. The average molecular weight is 312 g/mol. The van der Waals surface area contributed by atoms with Crippen LogP contribution in [0, 0.1) is 6.92 Å². The molecule has 4 nitrogen and oxygen atoms in total. The van der Waals surface area contributed by atoms with E-state index in [2.05, 4.69) is 55.9 Å². The van der Waals surface area contributed by atoms with Crippen molar-refractivity contribution >= 4 is 44.5 Å². The Balaban J connectivity index is 1.86. The number of benzene rings is 2. The molecule has 104 valence electrons. The van der Waals surface area contributed by atoms with Crippen molar-refractivity contribution in [1.29, 1.82) is 0 Å². The van der Waals surface area contributed by atoms with Gasteiger partial charge in [-0.15, -0.1) is 11.7 Å². The van der Waals surface area contributed by atoms with Crippen LogP contribution in [-0.4, -0.2) is 19.9 Å². The number of nitrogens with one attached hydrogen (secondary N) is 2. The van der Waals surface area contributed by atoms with E-state index < -0.39 is 0 Å². The zero-order valence-corrected chi connectivity index (χ0v) is 12.9. The van der Waals surface area contributed by atoms with E-state index in [0.717, 1.165) is 44.2 Å². The van der Waals surface area contributed by atoms with E-state index in [1.54, 1.807) is 0 Å². The minimum absolute atomic E-state index is 0.810. The van der Waals surface area contributed by atoms with Crippen molar-refractivity contribution in [3.05, 3.63) is 42.2 Å². The Morgan fingerprint density at radius 2 is 1.52 bits per heavy atom. The molecule has 0 aliphatic rings. The van der Waals surface area contributed by atoms with Gasteiger partial charge < -0.3 is 9.97 Å². The first-order valence-corrected chi connectivity index (χ1v) is 8.38. The minimum atomic E-state index is 0.810. The summed E-state index contributed by atoms with van der Waals surface area (Å²) in [6, 6.07) is 12.5. The molecule has 2 aromatic carbocycles. The Hall–Kier alpha value is -1.92. The van der Waals surface area contributed by atoms with Gasteiger partial charge in [0.05, 0.1) is 22.1 Å². The van der Waals surface area contributed by atoms with Gasteiger partial charge in [0.2, 0.25) is 0 Å². The quantitative estimate of drug-likeness (QED) is 0.381. The fraction of sp³-hybridized carbons (Fsp3) is 0.0667. The predicted octanol–water partition coefficient (Wildman–Crippen LogP) is 4.35. The van der Waals surface area contributed by atoms with Crippen LogP contribution in [0.1, 0.15) is 5.82 Å². The molecule has 0 atom stereocenters. The first-order valence-electron chi connectivity index (χ1n) is 6.51. The van der Waals surface area contributed by atoms with Crippen molar-refractivity contribution < 1.29 is 0 Å². The van der Waals surface area contributed by atoms with E-state index in [-0.39, 0.29) is 0 Å². The number of aromatic amines is 2. The van der Waals surface area contributed by atoms with Crippen LogP contribution in [-0.2, 0) is 0 Å². The Kier molecular flexibility index (Phi) is 2.94. The second-order valence-electron chi connectivity index (χ2n) is 4.92. The third-order valence-corrected chi connectivity index (χ3v) is 4.37. The summed E-state index contributed by atoms with van der Waals surface area (Å²) in [6.45, 7) is 1.97. The number of aromatic nitrogens is 4. The SMILES string of the molecule is Cc1nc2ccc(-c3ccc4nc(SS)[nH]c4c3)cc2[nH]1.